The number of likely N-dealkylation sites (tertiary alicyclic amines) is 1. The van der Waals surface area contributed by atoms with Gasteiger partial charge >= 0.3 is 0 Å². The maximum atomic E-state index is 5.69. The quantitative estimate of drug-likeness (QED) is 0.821. The van der Waals surface area contributed by atoms with Gasteiger partial charge in [-0.05, 0) is 18.4 Å². The number of rotatable bonds is 6. The van der Waals surface area contributed by atoms with Crippen molar-refractivity contribution in [2.45, 2.75) is 25.4 Å². The van der Waals surface area contributed by atoms with Gasteiger partial charge in [-0.3, -0.25) is 0 Å². The van der Waals surface area contributed by atoms with Crippen LogP contribution < -0.4 is 11.1 Å². The normalized spacial score (nSPS) is 18.4. The summed E-state index contributed by atoms with van der Waals surface area (Å²) in [6.07, 6.45) is 2.30. The molecule has 1 fully saturated rings. The highest BCUT2D eigenvalue weighted by molar-refractivity contribution is 5.18. The van der Waals surface area contributed by atoms with Gasteiger partial charge in [-0.15, -0.1) is 0 Å². The molecule has 0 aromatic heterocycles. The van der Waals surface area contributed by atoms with Gasteiger partial charge in [0.15, 0.2) is 0 Å². The molecule has 19 heavy (non-hydrogen) atoms. The Morgan fingerprint density at radius 1 is 1.32 bits per heavy atom. The van der Waals surface area contributed by atoms with Crippen LogP contribution in [0.1, 0.15) is 18.4 Å². The highest BCUT2D eigenvalue weighted by Gasteiger charge is 2.26. The van der Waals surface area contributed by atoms with Gasteiger partial charge in [0.05, 0.1) is 6.04 Å². The lowest BCUT2D eigenvalue weighted by molar-refractivity contribution is 0.340. The van der Waals surface area contributed by atoms with Crippen molar-refractivity contribution >= 4 is 0 Å². The lowest BCUT2D eigenvalue weighted by atomic mass is 10.1. The summed E-state index contributed by atoms with van der Waals surface area (Å²) in [5.41, 5.74) is 9.03. The Morgan fingerprint density at radius 3 is 2.74 bits per heavy atom. The number of nitrogens with zero attached hydrogens (tertiary/aromatic N) is 1. The van der Waals surface area contributed by atoms with Crippen molar-refractivity contribution in [1.29, 1.82) is 0 Å². The first-order valence-corrected chi connectivity index (χ1v) is 6.83. The molecule has 1 aromatic carbocycles. The number of hydrogen-bond donors (Lipinski definition) is 2. The monoisotopic (exact) mass is 257 g/mol. The van der Waals surface area contributed by atoms with Gasteiger partial charge in [0.2, 0.25) is 0 Å². The topological polar surface area (TPSA) is 41.3 Å². The van der Waals surface area contributed by atoms with E-state index < -0.39 is 0 Å². The molecule has 3 heteroatoms. The first-order valence-electron chi connectivity index (χ1n) is 6.83. The Kier molecular flexibility index (Phi) is 4.63. The van der Waals surface area contributed by atoms with Gasteiger partial charge in [0, 0.05) is 31.0 Å². The molecule has 1 aromatic rings. The fraction of sp³-hybridized carbons (Fsp3) is 0.375. The first-order chi connectivity index (χ1) is 9.22. The lowest BCUT2D eigenvalue weighted by Crippen LogP contribution is -2.36. The van der Waals surface area contributed by atoms with Gasteiger partial charge in [-0.2, -0.15) is 0 Å². The molecule has 0 amide bonds. The molecule has 1 aliphatic heterocycles. The minimum atomic E-state index is 0.333. The first kappa shape index (κ1) is 13.7. The predicted molar refractivity (Wildman–Crippen MR) is 80.3 cm³/mol. The third kappa shape index (κ3) is 3.38. The van der Waals surface area contributed by atoms with E-state index in [0.717, 1.165) is 30.9 Å². The van der Waals surface area contributed by atoms with Crippen LogP contribution in [0.4, 0.5) is 0 Å². The van der Waals surface area contributed by atoms with E-state index >= 15 is 0 Å². The smallest absolute Gasteiger partial charge is 0.0680 e. The zero-order chi connectivity index (χ0) is 13.7. The van der Waals surface area contributed by atoms with Gasteiger partial charge in [0.1, 0.15) is 0 Å². The molecule has 1 aliphatic rings. The summed E-state index contributed by atoms with van der Waals surface area (Å²) in [4.78, 5) is 2.28. The zero-order valence-corrected chi connectivity index (χ0v) is 11.4. The van der Waals surface area contributed by atoms with Crippen LogP contribution in [0.2, 0.25) is 0 Å². The Balaban J connectivity index is 1.90. The second-order valence-electron chi connectivity index (χ2n) is 4.99. The molecule has 1 saturated heterocycles. The van der Waals surface area contributed by atoms with Crippen molar-refractivity contribution < 1.29 is 0 Å². The van der Waals surface area contributed by atoms with Crippen LogP contribution in [0.5, 0.6) is 0 Å². The molecule has 102 valence electrons. The van der Waals surface area contributed by atoms with Crippen LogP contribution >= 0.6 is 0 Å². The standard InChI is InChI=1S/C16H23N3/c1-13(11-17)19-10-6-9-16(19)14(2)18-12-15-7-4-3-5-8-15/h3-5,7-8,16,18H,1-2,6,9-12,17H2. The minimum absolute atomic E-state index is 0.333. The summed E-state index contributed by atoms with van der Waals surface area (Å²) in [5.74, 6) is 0. The summed E-state index contributed by atoms with van der Waals surface area (Å²) in [7, 11) is 0. The third-order valence-corrected chi connectivity index (χ3v) is 3.66. The van der Waals surface area contributed by atoms with E-state index in [-0.39, 0.29) is 0 Å². The fourth-order valence-corrected chi connectivity index (χ4v) is 2.55. The Bertz CT molecular complexity index is 439. The van der Waals surface area contributed by atoms with Gasteiger partial charge in [0.25, 0.3) is 0 Å². The highest BCUT2D eigenvalue weighted by atomic mass is 15.2. The van der Waals surface area contributed by atoms with Gasteiger partial charge < -0.3 is 16.0 Å². The molecule has 2 rings (SSSR count). The van der Waals surface area contributed by atoms with E-state index in [4.69, 9.17) is 5.73 Å². The lowest BCUT2D eigenvalue weighted by Gasteiger charge is -2.30. The van der Waals surface area contributed by atoms with Crippen molar-refractivity contribution in [3.63, 3.8) is 0 Å². The largest absolute Gasteiger partial charge is 0.383 e. The van der Waals surface area contributed by atoms with Crippen molar-refractivity contribution in [3.05, 3.63) is 60.4 Å². The predicted octanol–water partition coefficient (Wildman–Crippen LogP) is 2.23. The molecular formula is C16H23N3. The summed E-state index contributed by atoms with van der Waals surface area (Å²) >= 11 is 0. The van der Waals surface area contributed by atoms with Crippen LogP contribution in [0.15, 0.2) is 54.9 Å². The van der Waals surface area contributed by atoms with Crippen molar-refractivity contribution in [1.82, 2.24) is 10.2 Å². The summed E-state index contributed by atoms with van der Waals surface area (Å²) in [5, 5.41) is 3.43. The fourth-order valence-electron chi connectivity index (χ4n) is 2.55. The van der Waals surface area contributed by atoms with E-state index in [0.29, 0.717) is 12.6 Å². The number of benzene rings is 1. The van der Waals surface area contributed by atoms with E-state index in [1.54, 1.807) is 0 Å². The van der Waals surface area contributed by atoms with Crippen LogP contribution in [-0.4, -0.2) is 24.0 Å². The summed E-state index contributed by atoms with van der Waals surface area (Å²) in [6.45, 7) is 10.6. The highest BCUT2D eigenvalue weighted by Crippen LogP contribution is 2.24. The van der Waals surface area contributed by atoms with Crippen molar-refractivity contribution in [2.75, 3.05) is 13.1 Å². The number of nitrogens with two attached hydrogens (primary N) is 1. The molecule has 0 saturated carbocycles. The zero-order valence-electron chi connectivity index (χ0n) is 11.4. The molecule has 0 bridgehead atoms. The molecule has 0 spiro atoms. The number of nitrogens with one attached hydrogen (secondary N) is 1. The molecule has 1 unspecified atom stereocenters. The average molecular weight is 257 g/mol. The molecule has 3 N–H and O–H groups in total. The minimum Gasteiger partial charge on any atom is -0.383 e. The Hall–Kier alpha value is -1.74. The van der Waals surface area contributed by atoms with E-state index in [2.05, 4.69) is 47.6 Å². The molecule has 3 nitrogen and oxygen atoms in total. The van der Waals surface area contributed by atoms with E-state index in [1.807, 2.05) is 6.07 Å². The van der Waals surface area contributed by atoms with Crippen molar-refractivity contribution in [3.8, 4) is 0 Å². The van der Waals surface area contributed by atoms with E-state index in [1.165, 1.54) is 12.0 Å². The third-order valence-electron chi connectivity index (χ3n) is 3.66. The van der Waals surface area contributed by atoms with Gasteiger partial charge in [-0.25, -0.2) is 0 Å². The molecule has 0 aliphatic carbocycles. The Morgan fingerprint density at radius 2 is 2.05 bits per heavy atom. The van der Waals surface area contributed by atoms with Gasteiger partial charge in [-0.1, -0.05) is 43.5 Å². The molecule has 0 radical (unpaired) electrons. The average Bonchev–Trinajstić information content (AvgIpc) is 2.94. The maximum Gasteiger partial charge on any atom is 0.0680 e. The molecule has 1 atom stereocenters. The second-order valence-corrected chi connectivity index (χ2v) is 4.99. The number of hydrogen-bond acceptors (Lipinski definition) is 3. The SMILES string of the molecule is C=C(NCc1ccccc1)C1CCCN1C(=C)CN. The second kappa shape index (κ2) is 6.43. The van der Waals surface area contributed by atoms with Crippen LogP contribution in [-0.2, 0) is 6.54 Å². The summed E-state index contributed by atoms with van der Waals surface area (Å²) < 4.78 is 0. The van der Waals surface area contributed by atoms with E-state index in [9.17, 15) is 0 Å². The maximum absolute atomic E-state index is 5.69. The molecular weight excluding hydrogens is 234 g/mol. The Labute approximate surface area is 115 Å². The van der Waals surface area contributed by atoms with Crippen LogP contribution in [0, 0.1) is 0 Å². The van der Waals surface area contributed by atoms with Crippen LogP contribution in [0.25, 0.3) is 0 Å². The van der Waals surface area contributed by atoms with Crippen LogP contribution in [0.3, 0.4) is 0 Å². The molecule has 1 heterocycles. The van der Waals surface area contributed by atoms with Crippen molar-refractivity contribution in [2.24, 2.45) is 5.73 Å². The summed E-state index contributed by atoms with van der Waals surface area (Å²) in [6, 6.07) is 10.7.